The molecule has 2 rings (SSSR count). The first-order chi connectivity index (χ1) is 8.74. The fraction of sp³-hybridized carbons (Fsp3) is 0.417. The minimum Gasteiger partial charge on any atom is -0.373 e. The number of rotatable bonds is 5. The molecule has 0 aliphatic heterocycles. The lowest BCUT2D eigenvalue weighted by Crippen LogP contribution is -2.08. The molecule has 0 unspecified atom stereocenters. The zero-order valence-corrected chi connectivity index (χ0v) is 10.9. The fourth-order valence-corrected chi connectivity index (χ4v) is 1.85. The SMILES string of the molecule is CCc1c(NC)ncnc1NCc1ccn(C)n1. The molecule has 0 bridgehead atoms. The number of nitrogens with zero attached hydrogens (tertiary/aromatic N) is 4. The van der Waals surface area contributed by atoms with Crippen molar-refractivity contribution in [2.24, 2.45) is 7.05 Å². The Morgan fingerprint density at radius 2 is 2.06 bits per heavy atom. The summed E-state index contributed by atoms with van der Waals surface area (Å²) in [6.07, 6.45) is 4.37. The van der Waals surface area contributed by atoms with Crippen molar-refractivity contribution in [2.45, 2.75) is 19.9 Å². The highest BCUT2D eigenvalue weighted by Crippen LogP contribution is 2.20. The third-order valence-corrected chi connectivity index (χ3v) is 2.74. The highest BCUT2D eigenvalue weighted by molar-refractivity contribution is 5.57. The van der Waals surface area contributed by atoms with E-state index in [9.17, 15) is 0 Å². The van der Waals surface area contributed by atoms with Crippen LogP contribution < -0.4 is 10.6 Å². The molecule has 0 aliphatic carbocycles. The molecule has 2 aromatic rings. The van der Waals surface area contributed by atoms with Gasteiger partial charge in [-0.05, 0) is 12.5 Å². The van der Waals surface area contributed by atoms with Gasteiger partial charge in [-0.2, -0.15) is 5.10 Å². The molecule has 6 nitrogen and oxygen atoms in total. The third-order valence-electron chi connectivity index (χ3n) is 2.74. The summed E-state index contributed by atoms with van der Waals surface area (Å²) >= 11 is 0. The van der Waals surface area contributed by atoms with Crippen LogP contribution in [0.25, 0.3) is 0 Å². The molecule has 0 aliphatic rings. The second-order valence-electron chi connectivity index (χ2n) is 3.99. The number of nitrogens with one attached hydrogen (secondary N) is 2. The molecule has 0 atom stereocenters. The number of hydrogen-bond donors (Lipinski definition) is 2. The van der Waals surface area contributed by atoms with E-state index in [2.05, 4.69) is 32.6 Å². The zero-order valence-electron chi connectivity index (χ0n) is 10.9. The highest BCUT2D eigenvalue weighted by Gasteiger charge is 2.08. The Morgan fingerprint density at radius 3 is 2.67 bits per heavy atom. The predicted molar refractivity (Wildman–Crippen MR) is 71.5 cm³/mol. The number of aromatic nitrogens is 4. The van der Waals surface area contributed by atoms with Crippen molar-refractivity contribution >= 4 is 11.6 Å². The minimum absolute atomic E-state index is 0.661. The summed E-state index contributed by atoms with van der Waals surface area (Å²) in [5, 5.41) is 10.7. The van der Waals surface area contributed by atoms with E-state index in [1.54, 1.807) is 11.0 Å². The summed E-state index contributed by atoms with van der Waals surface area (Å²) in [6.45, 7) is 2.75. The van der Waals surface area contributed by atoms with Crippen LogP contribution in [0.3, 0.4) is 0 Å². The van der Waals surface area contributed by atoms with Crippen LogP contribution in [0.2, 0.25) is 0 Å². The van der Waals surface area contributed by atoms with Crippen molar-refractivity contribution < 1.29 is 0 Å². The normalized spacial score (nSPS) is 10.4. The first-order valence-electron chi connectivity index (χ1n) is 5.98. The third kappa shape index (κ3) is 2.58. The van der Waals surface area contributed by atoms with Gasteiger partial charge in [0.2, 0.25) is 0 Å². The fourth-order valence-electron chi connectivity index (χ4n) is 1.85. The van der Waals surface area contributed by atoms with Crippen LogP contribution in [0, 0.1) is 0 Å². The van der Waals surface area contributed by atoms with E-state index in [0.29, 0.717) is 6.54 Å². The van der Waals surface area contributed by atoms with Crippen molar-refractivity contribution in [1.82, 2.24) is 19.7 Å². The van der Waals surface area contributed by atoms with Gasteiger partial charge in [0.25, 0.3) is 0 Å². The van der Waals surface area contributed by atoms with Crippen LogP contribution >= 0.6 is 0 Å². The molecule has 2 aromatic heterocycles. The average molecular weight is 246 g/mol. The first-order valence-corrected chi connectivity index (χ1v) is 5.98. The predicted octanol–water partition coefficient (Wildman–Crippen LogP) is 1.43. The van der Waals surface area contributed by atoms with Gasteiger partial charge in [0.05, 0.1) is 12.2 Å². The summed E-state index contributed by atoms with van der Waals surface area (Å²) in [6, 6.07) is 1.98. The number of anilines is 2. The van der Waals surface area contributed by atoms with Gasteiger partial charge in [-0.15, -0.1) is 0 Å². The Balaban J connectivity index is 2.13. The Kier molecular flexibility index (Phi) is 3.76. The average Bonchev–Trinajstić information content (AvgIpc) is 2.81. The molecule has 96 valence electrons. The Bertz CT molecular complexity index is 519. The Hall–Kier alpha value is -2.11. The zero-order chi connectivity index (χ0) is 13.0. The molecular formula is C12H18N6. The van der Waals surface area contributed by atoms with Crippen LogP contribution in [-0.4, -0.2) is 26.8 Å². The quantitative estimate of drug-likeness (QED) is 0.835. The summed E-state index contributed by atoms with van der Waals surface area (Å²) in [4.78, 5) is 8.49. The molecule has 0 spiro atoms. The molecule has 6 heteroatoms. The van der Waals surface area contributed by atoms with Gasteiger partial charge in [0.15, 0.2) is 0 Å². The van der Waals surface area contributed by atoms with Crippen molar-refractivity contribution in [1.29, 1.82) is 0 Å². The van der Waals surface area contributed by atoms with Crippen LogP contribution in [0.1, 0.15) is 18.2 Å². The van der Waals surface area contributed by atoms with Crippen LogP contribution in [-0.2, 0) is 20.0 Å². The molecular weight excluding hydrogens is 228 g/mol. The van der Waals surface area contributed by atoms with E-state index < -0.39 is 0 Å². The maximum Gasteiger partial charge on any atom is 0.135 e. The van der Waals surface area contributed by atoms with Gasteiger partial charge >= 0.3 is 0 Å². The molecule has 2 N–H and O–H groups in total. The molecule has 0 saturated carbocycles. The topological polar surface area (TPSA) is 67.7 Å². The molecule has 2 heterocycles. The summed E-state index contributed by atoms with van der Waals surface area (Å²) < 4.78 is 1.79. The van der Waals surface area contributed by atoms with E-state index in [1.165, 1.54) is 0 Å². The van der Waals surface area contributed by atoms with Gasteiger partial charge in [-0.3, -0.25) is 4.68 Å². The monoisotopic (exact) mass is 246 g/mol. The second kappa shape index (κ2) is 5.48. The highest BCUT2D eigenvalue weighted by atomic mass is 15.3. The van der Waals surface area contributed by atoms with Crippen LogP contribution in [0.4, 0.5) is 11.6 Å². The van der Waals surface area contributed by atoms with E-state index in [0.717, 1.165) is 29.3 Å². The standard InChI is InChI=1S/C12H18N6/c1-4-10-11(13-2)15-8-16-12(10)14-7-9-5-6-18(3)17-9/h5-6,8H,4,7H2,1-3H3,(H2,13,14,15,16). The molecule has 0 aromatic carbocycles. The molecule has 0 amide bonds. The van der Waals surface area contributed by atoms with Crippen molar-refractivity contribution in [3.8, 4) is 0 Å². The minimum atomic E-state index is 0.661. The molecule has 18 heavy (non-hydrogen) atoms. The Labute approximate surface area is 106 Å². The lowest BCUT2D eigenvalue weighted by atomic mass is 10.2. The van der Waals surface area contributed by atoms with E-state index in [-0.39, 0.29) is 0 Å². The van der Waals surface area contributed by atoms with E-state index in [4.69, 9.17) is 0 Å². The van der Waals surface area contributed by atoms with Crippen molar-refractivity contribution in [2.75, 3.05) is 17.7 Å². The second-order valence-corrected chi connectivity index (χ2v) is 3.99. The van der Waals surface area contributed by atoms with Gasteiger partial charge in [-0.1, -0.05) is 6.92 Å². The van der Waals surface area contributed by atoms with Crippen molar-refractivity contribution in [3.05, 3.63) is 29.8 Å². The lowest BCUT2D eigenvalue weighted by Gasteiger charge is -2.11. The number of hydrogen-bond acceptors (Lipinski definition) is 5. The number of aryl methyl sites for hydroxylation is 1. The van der Waals surface area contributed by atoms with Gasteiger partial charge in [-0.25, -0.2) is 9.97 Å². The summed E-state index contributed by atoms with van der Waals surface area (Å²) in [5.74, 6) is 1.73. The molecule has 0 radical (unpaired) electrons. The Morgan fingerprint density at radius 1 is 1.28 bits per heavy atom. The smallest absolute Gasteiger partial charge is 0.135 e. The van der Waals surface area contributed by atoms with Crippen molar-refractivity contribution in [3.63, 3.8) is 0 Å². The lowest BCUT2D eigenvalue weighted by molar-refractivity contribution is 0.746. The molecule has 0 fully saturated rings. The summed E-state index contributed by atoms with van der Waals surface area (Å²) in [5.41, 5.74) is 2.08. The first kappa shape index (κ1) is 12.3. The van der Waals surface area contributed by atoms with Gasteiger partial charge < -0.3 is 10.6 Å². The maximum absolute atomic E-state index is 4.32. The molecule has 0 saturated heterocycles. The van der Waals surface area contributed by atoms with Gasteiger partial charge in [0.1, 0.15) is 18.0 Å². The van der Waals surface area contributed by atoms with E-state index >= 15 is 0 Å². The summed E-state index contributed by atoms with van der Waals surface area (Å²) in [7, 11) is 3.77. The van der Waals surface area contributed by atoms with Gasteiger partial charge in [0, 0.05) is 25.9 Å². The van der Waals surface area contributed by atoms with Crippen LogP contribution in [0.5, 0.6) is 0 Å². The van der Waals surface area contributed by atoms with Crippen LogP contribution in [0.15, 0.2) is 18.6 Å². The maximum atomic E-state index is 4.32. The largest absolute Gasteiger partial charge is 0.373 e. The van der Waals surface area contributed by atoms with E-state index in [1.807, 2.05) is 26.4 Å².